The number of benzene rings is 1. The molecule has 0 aliphatic carbocycles. The van der Waals surface area contributed by atoms with Gasteiger partial charge in [0.1, 0.15) is 11.6 Å². The Kier molecular flexibility index (Phi) is 9.38. The quantitative estimate of drug-likeness (QED) is 0.648. The number of likely N-dealkylation sites (N-methyl/N-ethyl adjacent to an activating group) is 1. The zero-order valence-electron chi connectivity index (χ0n) is 18.2. The molecule has 1 aromatic rings. The Morgan fingerprint density at radius 3 is 2.31 bits per heavy atom. The van der Waals surface area contributed by atoms with Gasteiger partial charge in [-0.15, -0.1) is 0 Å². The first-order chi connectivity index (χ1) is 13.5. The summed E-state index contributed by atoms with van der Waals surface area (Å²) in [6, 6.07) is 8.77. The number of carbonyl (C=O) groups excluding carboxylic acids is 3. The summed E-state index contributed by atoms with van der Waals surface area (Å²) in [7, 11) is 3.33. The molecule has 0 aliphatic heterocycles. The van der Waals surface area contributed by atoms with E-state index in [-0.39, 0.29) is 20.7 Å². The SMILES string of the molecule is C[C@H](NC(=O)OC(C)(C)C)C(=O)N[C@H](/C=C/C(=O)N(C)C)CCc1ccccc1.[HH].[HH]. The highest BCUT2D eigenvalue weighted by Gasteiger charge is 2.22. The van der Waals surface area contributed by atoms with Crippen molar-refractivity contribution in [3.63, 3.8) is 0 Å². The zero-order valence-corrected chi connectivity index (χ0v) is 18.2. The number of amides is 3. The van der Waals surface area contributed by atoms with E-state index in [0.29, 0.717) is 6.42 Å². The fourth-order valence-corrected chi connectivity index (χ4v) is 2.39. The largest absolute Gasteiger partial charge is 0.444 e. The molecule has 2 N–H and O–H groups in total. The third-order valence-corrected chi connectivity index (χ3v) is 3.95. The molecular weight excluding hydrogens is 370 g/mol. The maximum absolute atomic E-state index is 12.5. The van der Waals surface area contributed by atoms with Gasteiger partial charge >= 0.3 is 6.09 Å². The predicted octanol–water partition coefficient (Wildman–Crippen LogP) is 3.15. The maximum Gasteiger partial charge on any atom is 0.408 e. The topological polar surface area (TPSA) is 87.7 Å². The van der Waals surface area contributed by atoms with Gasteiger partial charge in [0.15, 0.2) is 0 Å². The van der Waals surface area contributed by atoms with E-state index >= 15 is 0 Å². The number of carbonyl (C=O) groups is 3. The van der Waals surface area contributed by atoms with E-state index < -0.39 is 17.7 Å². The van der Waals surface area contributed by atoms with Crippen molar-refractivity contribution in [2.75, 3.05) is 14.1 Å². The molecule has 29 heavy (non-hydrogen) atoms. The monoisotopic (exact) mass is 407 g/mol. The Hall–Kier alpha value is -2.83. The lowest BCUT2D eigenvalue weighted by Gasteiger charge is -2.23. The molecule has 0 spiro atoms. The molecule has 0 saturated heterocycles. The smallest absolute Gasteiger partial charge is 0.408 e. The molecule has 0 saturated carbocycles. The number of aryl methyl sites for hydroxylation is 1. The Balaban J connectivity index is 0. The molecule has 2 atom stereocenters. The molecule has 0 fully saturated rings. The standard InChI is InChI=1S/C22H33N3O4.2H2/c1-16(23-21(28)29-22(2,3)4)20(27)24-18(14-15-19(26)25(5)6)13-12-17-10-8-7-9-11-17;;/h7-11,14-16,18H,12-13H2,1-6H3,(H,23,28)(H,24,27);2*1H/b15-14+;;/t16-,18-;;/m0../s1. The average Bonchev–Trinajstić information content (AvgIpc) is 2.62. The van der Waals surface area contributed by atoms with Gasteiger partial charge in [-0.2, -0.15) is 0 Å². The van der Waals surface area contributed by atoms with E-state index in [2.05, 4.69) is 10.6 Å². The van der Waals surface area contributed by atoms with Gasteiger partial charge in [0, 0.05) is 29.1 Å². The first kappa shape index (κ1) is 24.2. The molecular formula is C22H37N3O4. The van der Waals surface area contributed by atoms with Crippen LogP contribution in [0.3, 0.4) is 0 Å². The van der Waals surface area contributed by atoms with E-state index in [1.54, 1.807) is 47.9 Å². The summed E-state index contributed by atoms with van der Waals surface area (Å²) in [5.41, 5.74) is 0.493. The van der Waals surface area contributed by atoms with Crippen molar-refractivity contribution in [2.24, 2.45) is 0 Å². The van der Waals surface area contributed by atoms with Crippen LogP contribution >= 0.6 is 0 Å². The van der Waals surface area contributed by atoms with Gasteiger partial charge in [-0.25, -0.2) is 4.79 Å². The molecule has 164 valence electrons. The molecule has 1 aromatic carbocycles. The molecule has 7 nitrogen and oxygen atoms in total. The van der Waals surface area contributed by atoms with Crippen molar-refractivity contribution in [1.29, 1.82) is 0 Å². The third-order valence-electron chi connectivity index (χ3n) is 3.95. The summed E-state index contributed by atoms with van der Waals surface area (Å²) in [6.45, 7) is 6.85. The summed E-state index contributed by atoms with van der Waals surface area (Å²) in [5.74, 6) is -0.514. The molecule has 0 bridgehead atoms. The van der Waals surface area contributed by atoms with Crippen molar-refractivity contribution >= 4 is 17.9 Å². The maximum atomic E-state index is 12.5. The number of alkyl carbamates (subject to hydrolysis) is 1. The van der Waals surface area contributed by atoms with Crippen LogP contribution in [0.1, 0.15) is 42.5 Å². The molecule has 7 heteroatoms. The fourth-order valence-electron chi connectivity index (χ4n) is 2.39. The van der Waals surface area contributed by atoms with E-state index in [1.165, 1.54) is 11.0 Å². The second-order valence-electron chi connectivity index (χ2n) is 8.10. The van der Waals surface area contributed by atoms with E-state index in [0.717, 1.165) is 12.0 Å². The second-order valence-corrected chi connectivity index (χ2v) is 8.10. The summed E-state index contributed by atoms with van der Waals surface area (Å²) < 4.78 is 5.18. The van der Waals surface area contributed by atoms with E-state index in [4.69, 9.17) is 4.74 Å². The van der Waals surface area contributed by atoms with E-state index in [1.807, 2.05) is 30.3 Å². The van der Waals surface area contributed by atoms with Crippen molar-refractivity contribution in [3.8, 4) is 0 Å². The summed E-state index contributed by atoms with van der Waals surface area (Å²) >= 11 is 0. The zero-order chi connectivity index (χ0) is 22.0. The highest BCUT2D eigenvalue weighted by atomic mass is 16.6. The third kappa shape index (κ3) is 10.3. The summed E-state index contributed by atoms with van der Waals surface area (Å²) in [5, 5.41) is 5.41. The van der Waals surface area contributed by atoms with Gasteiger partial charge < -0.3 is 20.3 Å². The van der Waals surface area contributed by atoms with Gasteiger partial charge in [0.05, 0.1) is 0 Å². The molecule has 0 radical (unpaired) electrons. The van der Waals surface area contributed by atoms with Gasteiger partial charge in [-0.1, -0.05) is 36.4 Å². The van der Waals surface area contributed by atoms with Crippen LogP contribution in [0.25, 0.3) is 0 Å². The van der Waals surface area contributed by atoms with E-state index in [9.17, 15) is 14.4 Å². The highest BCUT2D eigenvalue weighted by molar-refractivity contribution is 5.88. The number of ether oxygens (including phenoxy) is 1. The Morgan fingerprint density at radius 1 is 1.14 bits per heavy atom. The molecule has 1 rings (SSSR count). The van der Waals surface area contributed by atoms with Crippen LogP contribution in [0, 0.1) is 0 Å². The lowest BCUT2D eigenvalue weighted by Crippen LogP contribution is -2.49. The molecule has 3 amide bonds. The Morgan fingerprint density at radius 2 is 1.76 bits per heavy atom. The Labute approximate surface area is 176 Å². The summed E-state index contributed by atoms with van der Waals surface area (Å²) in [6.07, 6.45) is 3.83. The number of hydrogen-bond donors (Lipinski definition) is 2. The van der Waals surface area contributed by atoms with Crippen molar-refractivity contribution < 1.29 is 22.0 Å². The minimum absolute atomic E-state index is 0. The number of hydrogen-bond acceptors (Lipinski definition) is 4. The van der Waals surface area contributed by atoms with Crippen LogP contribution in [0.5, 0.6) is 0 Å². The predicted molar refractivity (Wildman–Crippen MR) is 118 cm³/mol. The normalized spacial score (nSPS) is 13.4. The van der Waals surface area contributed by atoms with Gasteiger partial charge in [0.25, 0.3) is 0 Å². The number of nitrogens with zero attached hydrogens (tertiary/aromatic N) is 1. The van der Waals surface area contributed by atoms with Gasteiger partial charge in [-0.05, 0) is 46.1 Å². The second kappa shape index (κ2) is 11.2. The molecule has 0 aliphatic rings. The van der Waals surface area contributed by atoms with Crippen LogP contribution < -0.4 is 10.6 Å². The number of nitrogens with one attached hydrogen (secondary N) is 2. The van der Waals surface area contributed by atoms with Crippen LogP contribution in [0.15, 0.2) is 42.5 Å². The lowest BCUT2D eigenvalue weighted by molar-refractivity contribution is -0.124. The minimum Gasteiger partial charge on any atom is -0.444 e. The molecule has 0 heterocycles. The first-order valence-electron chi connectivity index (χ1n) is 9.71. The van der Waals surface area contributed by atoms with Crippen LogP contribution in [0.4, 0.5) is 4.79 Å². The molecule has 0 aromatic heterocycles. The number of rotatable bonds is 8. The van der Waals surface area contributed by atoms with Gasteiger partial charge in [-0.3, -0.25) is 9.59 Å². The Bertz CT molecular complexity index is 719. The van der Waals surface area contributed by atoms with Crippen molar-refractivity contribution in [2.45, 2.75) is 58.2 Å². The minimum atomic E-state index is -0.776. The lowest BCUT2D eigenvalue weighted by atomic mass is 10.0. The van der Waals surface area contributed by atoms with Gasteiger partial charge in [0.2, 0.25) is 11.8 Å². The fraction of sp³-hybridized carbons (Fsp3) is 0.500. The average molecular weight is 408 g/mol. The van der Waals surface area contributed by atoms with Crippen LogP contribution in [-0.2, 0) is 20.7 Å². The van der Waals surface area contributed by atoms with Crippen molar-refractivity contribution in [3.05, 3.63) is 48.0 Å². The van der Waals surface area contributed by atoms with Crippen LogP contribution in [-0.4, -0.2) is 54.6 Å². The summed E-state index contributed by atoms with van der Waals surface area (Å²) in [4.78, 5) is 37.7. The highest BCUT2D eigenvalue weighted by Crippen LogP contribution is 2.08. The van der Waals surface area contributed by atoms with Crippen LogP contribution in [0.2, 0.25) is 0 Å². The first-order valence-corrected chi connectivity index (χ1v) is 9.71. The van der Waals surface area contributed by atoms with Crippen molar-refractivity contribution in [1.82, 2.24) is 15.5 Å². The molecule has 0 unspecified atom stereocenters.